The van der Waals surface area contributed by atoms with Crippen LogP contribution in [0, 0.1) is 5.92 Å². The topological polar surface area (TPSA) is 68.1 Å². The van der Waals surface area contributed by atoms with E-state index < -0.39 is 10.0 Å². The summed E-state index contributed by atoms with van der Waals surface area (Å²) in [5.41, 5.74) is 0. The number of aryl methyl sites for hydroxylation is 1. The second kappa shape index (κ2) is 7.02. The minimum Gasteiger partial charge on any atom is -0.329 e. The zero-order valence-electron chi connectivity index (χ0n) is 13.0. The predicted molar refractivity (Wildman–Crippen MR) is 89.7 cm³/mol. The van der Waals surface area contributed by atoms with Gasteiger partial charge >= 0.3 is 0 Å². The first kappa shape index (κ1) is 16.5. The number of imidazole rings is 1. The first-order valence-corrected chi connectivity index (χ1v) is 10.0. The summed E-state index contributed by atoms with van der Waals surface area (Å²) in [6.07, 6.45) is 8.50. The molecule has 2 aromatic rings. The molecule has 0 N–H and O–H groups in total. The predicted octanol–water partition coefficient (Wildman–Crippen LogP) is 2.01. The van der Waals surface area contributed by atoms with Crippen LogP contribution in [0.3, 0.4) is 0 Å². The van der Waals surface area contributed by atoms with Crippen molar-refractivity contribution in [3.8, 4) is 0 Å². The van der Waals surface area contributed by atoms with Crippen LogP contribution in [0.4, 0.5) is 0 Å². The molecule has 6 nitrogen and oxygen atoms in total. The summed E-state index contributed by atoms with van der Waals surface area (Å²) in [5, 5.41) is 1.01. The third-order valence-electron chi connectivity index (χ3n) is 4.07. The normalized spacial score (nSPS) is 17.4. The van der Waals surface area contributed by atoms with Crippen LogP contribution in [0.2, 0.25) is 0 Å². The van der Waals surface area contributed by atoms with Crippen molar-refractivity contribution in [2.24, 2.45) is 13.0 Å². The van der Waals surface area contributed by atoms with Crippen molar-refractivity contribution in [1.82, 2.24) is 18.8 Å². The maximum absolute atomic E-state index is 12.6. The Balaban J connectivity index is 1.55. The van der Waals surface area contributed by atoms with E-state index in [-0.39, 0.29) is 4.90 Å². The average molecular weight is 352 g/mol. The Kier molecular flexibility index (Phi) is 5.03. The van der Waals surface area contributed by atoms with Gasteiger partial charge < -0.3 is 4.57 Å². The molecule has 0 aromatic carbocycles. The molecule has 0 unspecified atom stereocenters. The van der Waals surface area contributed by atoms with E-state index in [2.05, 4.69) is 9.97 Å². The quantitative estimate of drug-likeness (QED) is 0.770. The molecule has 0 aliphatic carbocycles. The fourth-order valence-electron chi connectivity index (χ4n) is 2.65. The van der Waals surface area contributed by atoms with E-state index in [1.807, 2.05) is 17.8 Å². The molecule has 0 saturated carbocycles. The van der Waals surface area contributed by atoms with Gasteiger partial charge in [-0.1, -0.05) is 11.8 Å². The Labute approximate surface area is 141 Å². The molecule has 0 radical (unpaired) electrons. The van der Waals surface area contributed by atoms with Gasteiger partial charge in [0.2, 0.25) is 10.0 Å². The molecule has 3 rings (SSSR count). The van der Waals surface area contributed by atoms with E-state index >= 15 is 0 Å². The molecule has 124 valence electrons. The second-order valence-corrected chi connectivity index (χ2v) is 8.59. The highest BCUT2D eigenvalue weighted by molar-refractivity contribution is 7.99. The highest BCUT2D eigenvalue weighted by Crippen LogP contribution is 2.27. The number of hydrogen-bond acceptors (Lipinski definition) is 5. The highest BCUT2D eigenvalue weighted by Gasteiger charge is 2.29. The smallest absolute Gasteiger partial charge is 0.244 e. The molecule has 23 heavy (non-hydrogen) atoms. The number of piperidine rings is 1. The molecule has 0 atom stereocenters. The molecule has 3 heterocycles. The van der Waals surface area contributed by atoms with Crippen LogP contribution in [0.15, 0.2) is 47.0 Å². The molecular weight excluding hydrogens is 332 g/mol. The van der Waals surface area contributed by atoms with Crippen molar-refractivity contribution in [2.75, 3.05) is 18.8 Å². The fourth-order valence-corrected chi connectivity index (χ4v) is 5.20. The maximum atomic E-state index is 12.6. The number of hydrogen-bond donors (Lipinski definition) is 0. The maximum Gasteiger partial charge on any atom is 0.244 e. The lowest BCUT2D eigenvalue weighted by Crippen LogP contribution is -2.39. The fraction of sp³-hybridized carbons (Fsp3) is 0.467. The van der Waals surface area contributed by atoms with E-state index in [0.717, 1.165) is 23.8 Å². The van der Waals surface area contributed by atoms with Gasteiger partial charge in [-0.25, -0.2) is 13.4 Å². The Morgan fingerprint density at radius 3 is 2.70 bits per heavy atom. The molecule has 2 aromatic heterocycles. The minimum absolute atomic E-state index is 0.279. The van der Waals surface area contributed by atoms with Crippen molar-refractivity contribution in [3.05, 3.63) is 36.9 Å². The number of rotatable bonds is 5. The van der Waals surface area contributed by atoms with Crippen LogP contribution in [0.1, 0.15) is 12.8 Å². The van der Waals surface area contributed by atoms with Gasteiger partial charge in [0.15, 0.2) is 5.16 Å². The van der Waals surface area contributed by atoms with Gasteiger partial charge in [-0.3, -0.25) is 4.98 Å². The Bertz CT molecular complexity index is 738. The summed E-state index contributed by atoms with van der Waals surface area (Å²) in [5.74, 6) is 1.50. The monoisotopic (exact) mass is 352 g/mol. The van der Waals surface area contributed by atoms with Gasteiger partial charge in [0.1, 0.15) is 4.90 Å². The molecule has 1 fully saturated rings. The van der Waals surface area contributed by atoms with Crippen molar-refractivity contribution in [3.63, 3.8) is 0 Å². The highest BCUT2D eigenvalue weighted by atomic mass is 32.2. The molecule has 1 aliphatic heterocycles. The lowest BCUT2D eigenvalue weighted by atomic mass is 10.0. The SMILES string of the molecule is Cn1ccnc1SCC1CCN(S(=O)(=O)c2cccnc2)CC1. The summed E-state index contributed by atoms with van der Waals surface area (Å²) < 4.78 is 28.7. The van der Waals surface area contributed by atoms with Gasteiger partial charge in [0, 0.05) is 50.7 Å². The van der Waals surface area contributed by atoms with Gasteiger partial charge in [0.05, 0.1) is 0 Å². The lowest BCUT2D eigenvalue weighted by molar-refractivity contribution is 0.291. The number of sulfonamides is 1. The first-order chi connectivity index (χ1) is 11.1. The number of nitrogens with zero attached hydrogens (tertiary/aromatic N) is 4. The van der Waals surface area contributed by atoms with Crippen LogP contribution in [0.5, 0.6) is 0 Å². The van der Waals surface area contributed by atoms with Crippen LogP contribution in [-0.2, 0) is 17.1 Å². The van der Waals surface area contributed by atoms with Gasteiger partial charge in [-0.15, -0.1) is 0 Å². The largest absolute Gasteiger partial charge is 0.329 e. The summed E-state index contributed by atoms with van der Waals surface area (Å²) in [7, 11) is -1.42. The molecule has 8 heteroatoms. The standard InChI is InChI=1S/C15H20N4O2S2/c1-18-10-7-17-15(18)22-12-13-4-8-19(9-5-13)23(20,21)14-3-2-6-16-11-14/h2-3,6-7,10-11,13H,4-5,8-9,12H2,1H3. The summed E-state index contributed by atoms with van der Waals surface area (Å²) in [6.45, 7) is 1.14. The zero-order valence-corrected chi connectivity index (χ0v) is 14.6. The second-order valence-electron chi connectivity index (χ2n) is 5.67. The molecule has 1 saturated heterocycles. The number of thioether (sulfide) groups is 1. The van der Waals surface area contributed by atoms with Gasteiger partial charge in [-0.2, -0.15) is 4.31 Å². The third-order valence-corrected chi connectivity index (χ3v) is 7.24. The first-order valence-electron chi connectivity index (χ1n) is 7.57. The number of pyridine rings is 1. The van der Waals surface area contributed by atoms with Crippen molar-refractivity contribution in [2.45, 2.75) is 22.9 Å². The zero-order chi connectivity index (χ0) is 16.3. The molecule has 0 amide bonds. The summed E-state index contributed by atoms with van der Waals surface area (Å²) in [6, 6.07) is 3.26. The van der Waals surface area contributed by atoms with Crippen molar-refractivity contribution < 1.29 is 8.42 Å². The van der Waals surface area contributed by atoms with E-state index in [1.54, 1.807) is 40.6 Å². The molecule has 0 bridgehead atoms. The Morgan fingerprint density at radius 1 is 1.30 bits per heavy atom. The average Bonchev–Trinajstić information content (AvgIpc) is 2.99. The van der Waals surface area contributed by atoms with E-state index in [9.17, 15) is 8.42 Å². The van der Waals surface area contributed by atoms with E-state index in [1.165, 1.54) is 6.20 Å². The van der Waals surface area contributed by atoms with Gasteiger partial charge in [-0.05, 0) is 30.9 Å². The number of aromatic nitrogens is 3. The van der Waals surface area contributed by atoms with Crippen molar-refractivity contribution >= 4 is 21.8 Å². The molecule has 0 spiro atoms. The minimum atomic E-state index is -3.40. The van der Waals surface area contributed by atoms with Crippen molar-refractivity contribution in [1.29, 1.82) is 0 Å². The molecular formula is C15H20N4O2S2. The van der Waals surface area contributed by atoms with Crippen LogP contribution in [-0.4, -0.2) is 46.1 Å². The van der Waals surface area contributed by atoms with Crippen LogP contribution >= 0.6 is 11.8 Å². The Hall–Kier alpha value is -1.38. The van der Waals surface area contributed by atoms with E-state index in [0.29, 0.717) is 19.0 Å². The third kappa shape index (κ3) is 3.76. The van der Waals surface area contributed by atoms with Crippen LogP contribution in [0.25, 0.3) is 0 Å². The van der Waals surface area contributed by atoms with Gasteiger partial charge in [0.25, 0.3) is 0 Å². The summed E-state index contributed by atoms with van der Waals surface area (Å²) >= 11 is 1.74. The Morgan fingerprint density at radius 2 is 2.09 bits per heavy atom. The summed E-state index contributed by atoms with van der Waals surface area (Å²) in [4.78, 5) is 8.49. The van der Waals surface area contributed by atoms with E-state index in [4.69, 9.17) is 0 Å². The lowest BCUT2D eigenvalue weighted by Gasteiger charge is -2.30. The van der Waals surface area contributed by atoms with Crippen LogP contribution < -0.4 is 0 Å². The molecule has 1 aliphatic rings.